The molecule has 8 heteroatoms. The largest absolute Gasteiger partial charge is 0.489 e. The lowest BCUT2D eigenvalue weighted by Gasteiger charge is -2.18. The second-order valence-corrected chi connectivity index (χ2v) is 7.54. The van der Waals surface area contributed by atoms with E-state index in [2.05, 4.69) is 9.97 Å². The van der Waals surface area contributed by atoms with Gasteiger partial charge >= 0.3 is 0 Å². The van der Waals surface area contributed by atoms with Gasteiger partial charge in [0.2, 0.25) is 0 Å². The Kier molecular flexibility index (Phi) is 6.40. The van der Waals surface area contributed by atoms with Gasteiger partial charge in [-0.2, -0.15) is 0 Å². The number of benzene rings is 2. The maximum atomic E-state index is 13.8. The van der Waals surface area contributed by atoms with E-state index in [1.165, 1.54) is 17.8 Å². The number of H-pyrrole nitrogens is 1. The lowest BCUT2D eigenvalue weighted by molar-refractivity contribution is 0.298. The van der Waals surface area contributed by atoms with Crippen molar-refractivity contribution in [2.24, 2.45) is 0 Å². The fourth-order valence-electron chi connectivity index (χ4n) is 2.30. The molecule has 0 aliphatic rings. The molecule has 1 atom stereocenters. The molecule has 3 nitrogen and oxygen atoms in total. The van der Waals surface area contributed by atoms with Crippen molar-refractivity contribution in [3.63, 3.8) is 0 Å². The minimum atomic E-state index is -0.748. The molecule has 0 saturated carbocycles. The Morgan fingerprint density at radius 3 is 2.58 bits per heavy atom. The molecule has 3 rings (SSSR count). The predicted octanol–water partition coefficient (Wildman–Crippen LogP) is 5.78. The first kappa shape index (κ1) is 19.0. The van der Waals surface area contributed by atoms with Crippen LogP contribution in [0.15, 0.2) is 53.7 Å². The van der Waals surface area contributed by atoms with Gasteiger partial charge in [-0.1, -0.05) is 29.3 Å². The second kappa shape index (κ2) is 8.75. The first-order valence-electron chi connectivity index (χ1n) is 7.69. The molecule has 1 aromatic heterocycles. The molecule has 0 spiro atoms. The number of nitrogens with zero attached hydrogens (tertiary/aromatic N) is 1. The smallest absolute Gasteiger partial charge is 0.167 e. The zero-order chi connectivity index (χ0) is 18.5. The Morgan fingerprint density at radius 2 is 1.92 bits per heavy atom. The third-order valence-corrected chi connectivity index (χ3v) is 5.66. The number of hydrogen-bond donors (Lipinski definition) is 1. The number of halogens is 4. The van der Waals surface area contributed by atoms with Crippen LogP contribution in [0.2, 0.25) is 10.0 Å². The quantitative estimate of drug-likeness (QED) is 0.498. The van der Waals surface area contributed by atoms with E-state index in [1.807, 2.05) is 0 Å². The molecular weight excluding hydrogens is 401 g/mol. The van der Waals surface area contributed by atoms with E-state index in [4.69, 9.17) is 27.9 Å². The van der Waals surface area contributed by atoms with Gasteiger partial charge in [-0.15, -0.1) is 11.8 Å². The summed E-state index contributed by atoms with van der Waals surface area (Å²) in [5.41, 5.74) is 0. The molecule has 3 aromatic rings. The third-order valence-electron chi connectivity index (χ3n) is 3.50. The molecule has 0 radical (unpaired) electrons. The van der Waals surface area contributed by atoms with Crippen LogP contribution >= 0.6 is 35.0 Å². The van der Waals surface area contributed by atoms with E-state index < -0.39 is 11.6 Å². The molecular formula is C18H14Cl2F2N2OS. The summed E-state index contributed by atoms with van der Waals surface area (Å²) in [6.07, 6.45) is 3.90. The lowest BCUT2D eigenvalue weighted by Crippen LogP contribution is -2.18. The second-order valence-electron chi connectivity index (χ2n) is 5.42. The molecule has 0 amide bonds. The van der Waals surface area contributed by atoms with Crippen molar-refractivity contribution in [2.75, 3.05) is 6.61 Å². The zero-order valence-corrected chi connectivity index (χ0v) is 15.7. The maximum Gasteiger partial charge on any atom is 0.167 e. The van der Waals surface area contributed by atoms with Gasteiger partial charge in [0.25, 0.3) is 0 Å². The monoisotopic (exact) mass is 414 g/mol. The van der Waals surface area contributed by atoms with Gasteiger partial charge in [-0.05, 0) is 24.3 Å². The van der Waals surface area contributed by atoms with Crippen molar-refractivity contribution in [2.45, 2.75) is 16.6 Å². The normalized spacial score (nSPS) is 12.2. The Bertz CT molecular complexity index is 857. The number of hydrogen-bond acceptors (Lipinski definition) is 3. The van der Waals surface area contributed by atoms with Crippen LogP contribution in [0.4, 0.5) is 8.78 Å². The fraction of sp³-hybridized carbons (Fsp3) is 0.167. The first-order valence-corrected chi connectivity index (χ1v) is 9.33. The molecule has 0 fully saturated rings. The van der Waals surface area contributed by atoms with Gasteiger partial charge in [0.1, 0.15) is 18.2 Å². The Hall–Kier alpha value is -1.76. The zero-order valence-electron chi connectivity index (χ0n) is 13.4. The van der Waals surface area contributed by atoms with E-state index in [1.54, 1.807) is 30.6 Å². The summed E-state index contributed by atoms with van der Waals surface area (Å²) >= 11 is 13.9. The molecule has 0 saturated heterocycles. The minimum Gasteiger partial charge on any atom is -0.489 e. The Labute approximate surface area is 163 Å². The van der Waals surface area contributed by atoms with E-state index in [0.29, 0.717) is 16.5 Å². The van der Waals surface area contributed by atoms with Crippen LogP contribution in [-0.4, -0.2) is 21.8 Å². The highest BCUT2D eigenvalue weighted by Crippen LogP contribution is 2.37. The van der Waals surface area contributed by atoms with Gasteiger partial charge in [0.05, 0.1) is 15.3 Å². The molecule has 0 aliphatic heterocycles. The molecule has 0 aliphatic carbocycles. The van der Waals surface area contributed by atoms with Gasteiger partial charge in [-0.25, -0.2) is 13.8 Å². The molecule has 1 unspecified atom stereocenters. The van der Waals surface area contributed by atoms with Crippen molar-refractivity contribution < 1.29 is 13.5 Å². The summed E-state index contributed by atoms with van der Waals surface area (Å²) < 4.78 is 32.4. The number of thioether (sulfide) groups is 1. The number of nitrogens with one attached hydrogen (secondary N) is 1. The SMILES string of the molecule is Fc1ccc(OCC(Cc2ncc[nH]2)Sc2c(Cl)cccc2Cl)c(F)c1. The summed E-state index contributed by atoms with van der Waals surface area (Å²) in [7, 11) is 0. The van der Waals surface area contributed by atoms with Crippen molar-refractivity contribution >= 4 is 35.0 Å². The standard InChI is InChI=1S/C18H14Cl2F2N2OS/c19-13-2-1-3-14(20)18(13)26-12(9-17-23-6-7-24-17)10-25-16-5-4-11(21)8-15(16)22/h1-8,12H,9-10H2,(H,23,24). The van der Waals surface area contributed by atoms with Crippen molar-refractivity contribution in [3.8, 4) is 5.75 Å². The van der Waals surface area contributed by atoms with Gasteiger partial charge < -0.3 is 9.72 Å². The summed E-state index contributed by atoms with van der Waals surface area (Å²) in [5, 5.41) is 0.905. The Balaban J connectivity index is 1.76. The van der Waals surface area contributed by atoms with Gasteiger partial charge in [0, 0.05) is 29.8 Å². The summed E-state index contributed by atoms with van der Waals surface area (Å²) in [6.45, 7) is 0.162. The predicted molar refractivity (Wildman–Crippen MR) is 100 cm³/mol. The average molecular weight is 415 g/mol. The van der Waals surface area contributed by atoms with Crippen LogP contribution in [0.1, 0.15) is 5.82 Å². The van der Waals surface area contributed by atoms with Crippen molar-refractivity contribution in [1.29, 1.82) is 0 Å². The molecule has 1 N–H and O–H groups in total. The molecule has 2 aromatic carbocycles. The minimum absolute atomic E-state index is 0.0123. The topological polar surface area (TPSA) is 37.9 Å². The molecule has 1 heterocycles. The summed E-state index contributed by atoms with van der Waals surface area (Å²) in [5.74, 6) is -0.655. The number of rotatable bonds is 7. The van der Waals surface area contributed by atoms with Crippen LogP contribution in [0.5, 0.6) is 5.75 Å². The maximum absolute atomic E-state index is 13.8. The highest BCUT2D eigenvalue weighted by atomic mass is 35.5. The summed E-state index contributed by atoms with van der Waals surface area (Å²) in [4.78, 5) is 7.96. The van der Waals surface area contributed by atoms with Crippen LogP contribution in [-0.2, 0) is 6.42 Å². The van der Waals surface area contributed by atoms with Crippen molar-refractivity contribution in [3.05, 3.63) is 76.3 Å². The number of imidazole rings is 1. The molecule has 136 valence electrons. The fourth-order valence-corrected chi connectivity index (χ4v) is 4.03. The van der Waals surface area contributed by atoms with Crippen LogP contribution in [0.3, 0.4) is 0 Å². The van der Waals surface area contributed by atoms with E-state index >= 15 is 0 Å². The van der Waals surface area contributed by atoms with Crippen molar-refractivity contribution in [1.82, 2.24) is 9.97 Å². The van der Waals surface area contributed by atoms with E-state index in [9.17, 15) is 8.78 Å². The van der Waals surface area contributed by atoms with Crippen LogP contribution in [0, 0.1) is 11.6 Å². The Morgan fingerprint density at radius 1 is 1.15 bits per heavy atom. The highest BCUT2D eigenvalue weighted by Gasteiger charge is 2.19. The van der Waals surface area contributed by atoms with E-state index in [0.717, 1.165) is 22.9 Å². The molecule has 0 bridgehead atoms. The lowest BCUT2D eigenvalue weighted by atomic mass is 10.3. The summed E-state index contributed by atoms with van der Waals surface area (Å²) in [6, 6.07) is 8.47. The number of aromatic nitrogens is 2. The average Bonchev–Trinajstić information content (AvgIpc) is 3.10. The number of aromatic amines is 1. The highest BCUT2D eigenvalue weighted by molar-refractivity contribution is 8.00. The van der Waals surface area contributed by atoms with Gasteiger partial charge in [0.15, 0.2) is 11.6 Å². The van der Waals surface area contributed by atoms with Gasteiger partial charge in [-0.3, -0.25) is 0 Å². The van der Waals surface area contributed by atoms with Crippen LogP contribution < -0.4 is 4.74 Å². The molecule has 26 heavy (non-hydrogen) atoms. The third kappa shape index (κ3) is 4.90. The van der Waals surface area contributed by atoms with E-state index in [-0.39, 0.29) is 17.6 Å². The number of ether oxygens (including phenoxy) is 1. The van der Waals surface area contributed by atoms with Crippen LogP contribution in [0.25, 0.3) is 0 Å². The first-order chi connectivity index (χ1) is 12.5.